The van der Waals surface area contributed by atoms with Crippen LogP contribution < -0.4 is 5.32 Å². The minimum absolute atomic E-state index is 0.0503. The van der Waals surface area contributed by atoms with E-state index in [0.717, 1.165) is 16.5 Å². The van der Waals surface area contributed by atoms with Crippen LogP contribution in [-0.4, -0.2) is 18.3 Å². The predicted molar refractivity (Wildman–Crippen MR) is 80.0 cm³/mol. The van der Waals surface area contributed by atoms with Crippen molar-refractivity contribution in [2.45, 2.75) is 26.7 Å². The summed E-state index contributed by atoms with van der Waals surface area (Å²) >= 11 is 9.13. The van der Waals surface area contributed by atoms with E-state index in [4.69, 9.17) is 11.6 Å². The molecule has 2 nitrogen and oxygen atoms in total. The Labute approximate surface area is 122 Å². The number of benzene rings is 1. The van der Waals surface area contributed by atoms with Gasteiger partial charge < -0.3 is 5.32 Å². The molecule has 0 bridgehead atoms. The Morgan fingerprint density at radius 1 is 1.44 bits per heavy atom. The fraction of sp³-hybridized carbons (Fsp3) is 0.500. The number of hydrogen-bond acceptors (Lipinski definition) is 1. The van der Waals surface area contributed by atoms with Gasteiger partial charge in [-0.1, -0.05) is 41.9 Å². The van der Waals surface area contributed by atoms with Crippen molar-refractivity contribution < 1.29 is 4.79 Å². The van der Waals surface area contributed by atoms with E-state index in [9.17, 15) is 4.79 Å². The molecule has 1 N–H and O–H groups in total. The molecule has 0 radical (unpaired) electrons. The minimum atomic E-state index is 0.0503. The van der Waals surface area contributed by atoms with Crippen molar-refractivity contribution in [2.24, 2.45) is 5.41 Å². The van der Waals surface area contributed by atoms with E-state index < -0.39 is 0 Å². The van der Waals surface area contributed by atoms with E-state index in [0.29, 0.717) is 18.8 Å². The van der Waals surface area contributed by atoms with Gasteiger partial charge in [0.2, 0.25) is 5.91 Å². The number of rotatable bonds is 6. The van der Waals surface area contributed by atoms with E-state index >= 15 is 0 Å². The van der Waals surface area contributed by atoms with Crippen LogP contribution in [-0.2, 0) is 11.2 Å². The summed E-state index contributed by atoms with van der Waals surface area (Å²) in [7, 11) is 0. The van der Waals surface area contributed by atoms with Gasteiger partial charge in [0.1, 0.15) is 0 Å². The van der Waals surface area contributed by atoms with Crippen LogP contribution in [0.4, 0.5) is 0 Å². The van der Waals surface area contributed by atoms with Crippen LogP contribution in [0.3, 0.4) is 0 Å². The van der Waals surface area contributed by atoms with Gasteiger partial charge in [0.05, 0.1) is 6.42 Å². The Morgan fingerprint density at radius 2 is 2.17 bits per heavy atom. The fourth-order valence-corrected chi connectivity index (χ4v) is 2.54. The topological polar surface area (TPSA) is 29.1 Å². The summed E-state index contributed by atoms with van der Waals surface area (Å²) in [6.45, 7) is 4.87. The minimum Gasteiger partial charge on any atom is -0.355 e. The fourth-order valence-electron chi connectivity index (χ4n) is 1.58. The van der Waals surface area contributed by atoms with Gasteiger partial charge in [0.15, 0.2) is 0 Å². The number of hydrogen-bond donors (Lipinski definition) is 1. The van der Waals surface area contributed by atoms with Crippen molar-refractivity contribution in [1.82, 2.24) is 5.32 Å². The maximum absolute atomic E-state index is 11.8. The smallest absolute Gasteiger partial charge is 0.224 e. The van der Waals surface area contributed by atoms with Gasteiger partial charge in [-0.3, -0.25) is 4.79 Å². The third-order valence-electron chi connectivity index (χ3n) is 2.79. The molecule has 0 aliphatic carbocycles. The predicted octanol–water partition coefficient (Wildman–Crippen LogP) is 3.76. The molecule has 0 saturated heterocycles. The van der Waals surface area contributed by atoms with Crippen LogP contribution in [0, 0.1) is 5.41 Å². The van der Waals surface area contributed by atoms with Gasteiger partial charge in [-0.25, -0.2) is 0 Å². The first kappa shape index (κ1) is 15.5. The molecule has 0 unspecified atom stereocenters. The van der Waals surface area contributed by atoms with Crippen molar-refractivity contribution >= 4 is 33.4 Å². The maximum atomic E-state index is 11.8. The molecule has 4 heteroatoms. The van der Waals surface area contributed by atoms with Crippen LogP contribution >= 0.6 is 27.5 Å². The highest BCUT2D eigenvalue weighted by Crippen LogP contribution is 2.19. The highest BCUT2D eigenvalue weighted by atomic mass is 79.9. The average Bonchev–Trinajstić information content (AvgIpc) is 2.26. The number of carbonyl (C=O) groups is 1. The van der Waals surface area contributed by atoms with Crippen molar-refractivity contribution in [3.8, 4) is 0 Å². The second kappa shape index (κ2) is 7.15. The summed E-state index contributed by atoms with van der Waals surface area (Å²) in [4.78, 5) is 11.8. The molecule has 100 valence electrons. The third kappa shape index (κ3) is 5.87. The van der Waals surface area contributed by atoms with E-state index in [1.165, 1.54) is 0 Å². The Kier molecular flexibility index (Phi) is 6.16. The lowest BCUT2D eigenvalue weighted by Crippen LogP contribution is -2.35. The molecule has 18 heavy (non-hydrogen) atoms. The lowest BCUT2D eigenvalue weighted by Gasteiger charge is -2.23. The SMILES string of the molecule is CC(C)(CCCl)CNC(=O)Cc1cccc(Br)c1. The normalized spacial score (nSPS) is 11.3. The second-order valence-corrected chi connectivity index (χ2v) is 6.48. The first-order valence-corrected chi connectivity index (χ1v) is 7.33. The molecule has 0 spiro atoms. The molecule has 0 aliphatic rings. The molecule has 0 aliphatic heterocycles. The van der Waals surface area contributed by atoms with E-state index in [-0.39, 0.29) is 11.3 Å². The van der Waals surface area contributed by atoms with Crippen molar-refractivity contribution in [1.29, 1.82) is 0 Å². The maximum Gasteiger partial charge on any atom is 0.224 e. The largest absolute Gasteiger partial charge is 0.355 e. The molecule has 1 rings (SSSR count). The number of amides is 1. The zero-order chi connectivity index (χ0) is 13.6. The van der Waals surface area contributed by atoms with Crippen LogP contribution in [0.1, 0.15) is 25.8 Å². The first-order chi connectivity index (χ1) is 8.43. The van der Waals surface area contributed by atoms with Gasteiger partial charge >= 0.3 is 0 Å². The summed E-state index contributed by atoms with van der Waals surface area (Å²) in [6, 6.07) is 7.80. The molecule has 0 aromatic heterocycles. The Morgan fingerprint density at radius 3 is 2.78 bits per heavy atom. The zero-order valence-electron chi connectivity index (χ0n) is 10.8. The molecular weight excluding hydrogens is 314 g/mol. The quantitative estimate of drug-likeness (QED) is 0.790. The molecule has 1 aromatic rings. The van der Waals surface area contributed by atoms with Crippen LogP contribution in [0.25, 0.3) is 0 Å². The zero-order valence-corrected chi connectivity index (χ0v) is 13.1. The highest BCUT2D eigenvalue weighted by molar-refractivity contribution is 9.10. The highest BCUT2D eigenvalue weighted by Gasteiger charge is 2.17. The van der Waals surface area contributed by atoms with Crippen molar-refractivity contribution in [3.05, 3.63) is 34.3 Å². The molecule has 0 atom stereocenters. The number of nitrogens with one attached hydrogen (secondary N) is 1. The van der Waals surface area contributed by atoms with E-state index in [2.05, 4.69) is 35.1 Å². The van der Waals surface area contributed by atoms with Crippen molar-refractivity contribution in [2.75, 3.05) is 12.4 Å². The van der Waals surface area contributed by atoms with Crippen LogP contribution in [0.2, 0.25) is 0 Å². The summed E-state index contributed by atoms with van der Waals surface area (Å²) in [5.74, 6) is 0.671. The lowest BCUT2D eigenvalue weighted by molar-refractivity contribution is -0.120. The monoisotopic (exact) mass is 331 g/mol. The van der Waals surface area contributed by atoms with Gasteiger partial charge in [0.25, 0.3) is 0 Å². The van der Waals surface area contributed by atoms with Crippen LogP contribution in [0.5, 0.6) is 0 Å². The molecule has 1 aromatic carbocycles. The summed E-state index contributed by atoms with van der Waals surface area (Å²) in [5, 5.41) is 2.96. The molecule has 1 amide bonds. The summed E-state index contributed by atoms with van der Waals surface area (Å²) in [6.07, 6.45) is 1.31. The third-order valence-corrected chi connectivity index (χ3v) is 3.47. The molecule has 0 fully saturated rings. The van der Waals surface area contributed by atoms with Crippen molar-refractivity contribution in [3.63, 3.8) is 0 Å². The van der Waals surface area contributed by atoms with Gasteiger partial charge in [0, 0.05) is 16.9 Å². The van der Waals surface area contributed by atoms with E-state index in [1.807, 2.05) is 24.3 Å². The lowest BCUT2D eigenvalue weighted by atomic mass is 9.90. The average molecular weight is 333 g/mol. The summed E-state index contributed by atoms with van der Waals surface area (Å²) < 4.78 is 0.996. The molecular formula is C14H19BrClNO. The standard InChI is InChI=1S/C14H19BrClNO/c1-14(2,6-7-16)10-17-13(18)9-11-4-3-5-12(15)8-11/h3-5,8H,6-7,9-10H2,1-2H3,(H,17,18). The molecule has 0 saturated carbocycles. The second-order valence-electron chi connectivity index (χ2n) is 5.19. The van der Waals surface area contributed by atoms with Crippen LogP contribution in [0.15, 0.2) is 28.7 Å². The molecule has 0 heterocycles. The van der Waals surface area contributed by atoms with Gasteiger partial charge in [-0.2, -0.15) is 0 Å². The first-order valence-electron chi connectivity index (χ1n) is 6.00. The number of carbonyl (C=O) groups excluding carboxylic acids is 1. The Balaban J connectivity index is 2.43. The Hall–Kier alpha value is -0.540. The number of alkyl halides is 1. The Bertz CT molecular complexity index is 407. The summed E-state index contributed by atoms with van der Waals surface area (Å²) in [5.41, 5.74) is 1.06. The number of halogens is 2. The van der Waals surface area contributed by atoms with Gasteiger partial charge in [-0.15, -0.1) is 11.6 Å². The van der Waals surface area contributed by atoms with E-state index in [1.54, 1.807) is 0 Å². The van der Waals surface area contributed by atoms with Gasteiger partial charge in [-0.05, 0) is 29.5 Å².